The summed E-state index contributed by atoms with van der Waals surface area (Å²) in [5.41, 5.74) is 0.450. The Labute approximate surface area is 98.0 Å². The Balaban J connectivity index is 2.24. The molecule has 4 nitrogen and oxygen atoms in total. The lowest BCUT2D eigenvalue weighted by atomic mass is 10.1. The molecule has 0 spiro atoms. The van der Waals surface area contributed by atoms with Gasteiger partial charge in [0.2, 0.25) is 0 Å². The molecule has 1 N–H and O–H groups in total. The summed E-state index contributed by atoms with van der Waals surface area (Å²) in [4.78, 5) is 11.2. The van der Waals surface area contributed by atoms with Gasteiger partial charge in [-0.25, -0.2) is 9.18 Å². The minimum absolute atomic E-state index is 0.184. The van der Waals surface area contributed by atoms with Gasteiger partial charge in [-0.15, -0.1) is 0 Å². The second-order valence-electron chi connectivity index (χ2n) is 3.92. The van der Waals surface area contributed by atoms with Crippen LogP contribution in [0.4, 0.5) is 4.39 Å². The molecule has 1 aromatic rings. The Bertz CT molecular complexity index is 431. The first-order valence-corrected chi connectivity index (χ1v) is 5.38. The summed E-state index contributed by atoms with van der Waals surface area (Å²) in [6.45, 7) is 1.86. The second-order valence-corrected chi connectivity index (χ2v) is 3.92. The molecule has 1 aromatic carbocycles. The molecule has 0 amide bonds. The molecule has 1 heterocycles. The van der Waals surface area contributed by atoms with Gasteiger partial charge in [-0.2, -0.15) is 0 Å². The van der Waals surface area contributed by atoms with Crippen molar-refractivity contribution < 1.29 is 23.8 Å². The van der Waals surface area contributed by atoms with Crippen LogP contribution in [-0.2, 0) is 9.53 Å². The highest BCUT2D eigenvalue weighted by molar-refractivity contribution is 5.76. The zero-order valence-corrected chi connectivity index (χ0v) is 9.35. The van der Waals surface area contributed by atoms with Crippen LogP contribution in [0.2, 0.25) is 0 Å². The van der Waals surface area contributed by atoms with Gasteiger partial charge in [0.25, 0.3) is 0 Å². The van der Waals surface area contributed by atoms with Gasteiger partial charge in [0.15, 0.2) is 6.10 Å². The molecule has 1 aliphatic rings. The summed E-state index contributed by atoms with van der Waals surface area (Å²) in [6, 6.07) is 3.84. The van der Waals surface area contributed by atoms with Gasteiger partial charge in [0.1, 0.15) is 11.6 Å². The Morgan fingerprint density at radius 1 is 1.59 bits per heavy atom. The smallest absolute Gasteiger partial charge is 0.347 e. The molecule has 5 heteroatoms. The number of hydrogen-bond donors (Lipinski definition) is 1. The van der Waals surface area contributed by atoms with Gasteiger partial charge in [-0.05, 0) is 19.1 Å². The number of hydrogen-bond acceptors (Lipinski definition) is 4. The Morgan fingerprint density at radius 3 is 2.94 bits per heavy atom. The molecular weight excluding hydrogens is 227 g/mol. The van der Waals surface area contributed by atoms with E-state index >= 15 is 0 Å². The van der Waals surface area contributed by atoms with E-state index in [1.165, 1.54) is 12.1 Å². The predicted molar refractivity (Wildman–Crippen MR) is 57.0 cm³/mol. The second kappa shape index (κ2) is 4.71. The van der Waals surface area contributed by atoms with E-state index in [-0.39, 0.29) is 5.75 Å². The van der Waals surface area contributed by atoms with Crippen LogP contribution in [0.1, 0.15) is 25.0 Å². The maximum atomic E-state index is 13.1. The monoisotopic (exact) mass is 240 g/mol. The molecule has 0 bridgehead atoms. The first kappa shape index (κ1) is 11.9. The van der Waals surface area contributed by atoms with Crippen molar-refractivity contribution in [2.75, 3.05) is 6.61 Å². The lowest BCUT2D eigenvalue weighted by molar-refractivity contribution is -0.143. The third kappa shape index (κ3) is 2.55. The third-order valence-corrected chi connectivity index (χ3v) is 2.58. The van der Waals surface area contributed by atoms with Crippen LogP contribution in [0.25, 0.3) is 0 Å². The first-order chi connectivity index (χ1) is 8.08. The number of ether oxygens (including phenoxy) is 2. The molecule has 0 aromatic heterocycles. The summed E-state index contributed by atoms with van der Waals surface area (Å²) < 4.78 is 23.2. The van der Waals surface area contributed by atoms with Crippen molar-refractivity contribution in [2.45, 2.75) is 25.6 Å². The maximum absolute atomic E-state index is 13.1. The van der Waals surface area contributed by atoms with Crippen LogP contribution in [0, 0.1) is 5.82 Å². The molecule has 0 radical (unpaired) electrons. The average molecular weight is 240 g/mol. The van der Waals surface area contributed by atoms with E-state index in [1.807, 2.05) is 0 Å². The molecule has 92 valence electrons. The minimum atomic E-state index is -0.789. The van der Waals surface area contributed by atoms with E-state index in [2.05, 4.69) is 0 Å². The number of halogens is 1. The summed E-state index contributed by atoms with van der Waals surface area (Å²) >= 11 is 0. The van der Waals surface area contributed by atoms with Crippen LogP contribution < -0.4 is 4.74 Å². The summed E-state index contributed by atoms with van der Waals surface area (Å²) in [5.74, 6) is -0.745. The molecule has 1 fully saturated rings. The maximum Gasteiger partial charge on any atom is 0.347 e. The average Bonchev–Trinajstić information content (AvgIpc) is 2.64. The molecule has 1 aliphatic heterocycles. The van der Waals surface area contributed by atoms with Gasteiger partial charge >= 0.3 is 5.97 Å². The zero-order valence-electron chi connectivity index (χ0n) is 9.35. The van der Waals surface area contributed by atoms with Crippen molar-refractivity contribution in [3.8, 4) is 5.75 Å². The number of carbonyl (C=O) groups excluding carboxylic acids is 1. The molecule has 17 heavy (non-hydrogen) atoms. The van der Waals surface area contributed by atoms with E-state index in [1.54, 1.807) is 6.92 Å². The standard InChI is InChI=1S/C12H13FO4/c1-7(14)9-3-2-8(13)6-11(9)17-10-4-5-16-12(10)15/h2-3,6-7,10,14H,4-5H2,1H3/t7-,10?/m0/s1. The largest absolute Gasteiger partial charge is 0.478 e. The van der Waals surface area contributed by atoms with Crippen molar-refractivity contribution in [1.29, 1.82) is 0 Å². The number of rotatable bonds is 3. The highest BCUT2D eigenvalue weighted by atomic mass is 19.1. The number of esters is 1. The SMILES string of the molecule is C[C@H](O)c1ccc(F)cc1OC1CCOC1=O. The van der Waals surface area contributed by atoms with E-state index < -0.39 is 24.0 Å². The number of aliphatic hydroxyl groups excluding tert-OH is 1. The number of carbonyl (C=O) groups is 1. The van der Waals surface area contributed by atoms with Crippen LogP contribution in [0.3, 0.4) is 0 Å². The quantitative estimate of drug-likeness (QED) is 0.815. The van der Waals surface area contributed by atoms with Crippen LogP contribution in [0.5, 0.6) is 5.75 Å². The van der Waals surface area contributed by atoms with Crippen LogP contribution >= 0.6 is 0 Å². The fourth-order valence-corrected chi connectivity index (χ4v) is 1.69. The molecule has 0 aliphatic carbocycles. The van der Waals surface area contributed by atoms with E-state index in [0.29, 0.717) is 18.6 Å². The van der Waals surface area contributed by atoms with Gasteiger partial charge < -0.3 is 14.6 Å². The molecule has 1 saturated heterocycles. The third-order valence-electron chi connectivity index (χ3n) is 2.58. The predicted octanol–water partition coefficient (Wildman–Crippen LogP) is 1.57. The Kier molecular flexibility index (Phi) is 3.28. The molecule has 2 atom stereocenters. The lowest BCUT2D eigenvalue weighted by Crippen LogP contribution is -2.22. The fourth-order valence-electron chi connectivity index (χ4n) is 1.69. The number of aliphatic hydroxyl groups is 1. The highest BCUT2D eigenvalue weighted by Gasteiger charge is 2.29. The molecular formula is C12H13FO4. The van der Waals surface area contributed by atoms with Gasteiger partial charge in [-0.1, -0.05) is 0 Å². The molecule has 1 unspecified atom stereocenters. The van der Waals surface area contributed by atoms with Crippen molar-refractivity contribution in [1.82, 2.24) is 0 Å². The van der Waals surface area contributed by atoms with Crippen LogP contribution in [0.15, 0.2) is 18.2 Å². The van der Waals surface area contributed by atoms with Crippen molar-refractivity contribution in [2.24, 2.45) is 0 Å². The lowest BCUT2D eigenvalue weighted by Gasteiger charge is -2.15. The summed E-state index contributed by atoms with van der Waals surface area (Å²) in [5, 5.41) is 9.52. The topological polar surface area (TPSA) is 55.8 Å². The van der Waals surface area contributed by atoms with E-state index in [4.69, 9.17) is 9.47 Å². The number of benzene rings is 1. The van der Waals surface area contributed by atoms with Gasteiger partial charge in [0.05, 0.1) is 12.7 Å². The first-order valence-electron chi connectivity index (χ1n) is 5.38. The Morgan fingerprint density at radius 2 is 2.35 bits per heavy atom. The number of cyclic esters (lactones) is 1. The molecule has 2 rings (SSSR count). The fraction of sp³-hybridized carbons (Fsp3) is 0.417. The normalized spacial score (nSPS) is 21.1. The van der Waals surface area contributed by atoms with Crippen molar-refractivity contribution in [3.63, 3.8) is 0 Å². The summed E-state index contributed by atoms with van der Waals surface area (Å²) in [6.07, 6.45) is -1.06. The van der Waals surface area contributed by atoms with Gasteiger partial charge in [-0.3, -0.25) is 0 Å². The van der Waals surface area contributed by atoms with Crippen LogP contribution in [-0.4, -0.2) is 23.8 Å². The van der Waals surface area contributed by atoms with Gasteiger partial charge in [0, 0.05) is 18.1 Å². The van der Waals surface area contributed by atoms with E-state index in [9.17, 15) is 14.3 Å². The zero-order chi connectivity index (χ0) is 12.4. The molecule has 0 saturated carbocycles. The minimum Gasteiger partial charge on any atom is -0.478 e. The highest BCUT2D eigenvalue weighted by Crippen LogP contribution is 2.28. The Hall–Kier alpha value is -1.62. The van der Waals surface area contributed by atoms with Crippen molar-refractivity contribution >= 4 is 5.97 Å². The summed E-state index contributed by atoms with van der Waals surface area (Å²) in [7, 11) is 0. The van der Waals surface area contributed by atoms with E-state index in [0.717, 1.165) is 6.07 Å². The van der Waals surface area contributed by atoms with Crippen molar-refractivity contribution in [3.05, 3.63) is 29.6 Å².